The third-order valence-corrected chi connectivity index (χ3v) is 6.02. The van der Waals surface area contributed by atoms with Crippen LogP contribution < -0.4 is 4.72 Å². The van der Waals surface area contributed by atoms with Crippen LogP contribution in [-0.2, 0) is 15.8 Å². The lowest BCUT2D eigenvalue weighted by Crippen LogP contribution is -2.16. The molecule has 1 aliphatic rings. The maximum absolute atomic E-state index is 12.5. The van der Waals surface area contributed by atoms with Crippen molar-refractivity contribution in [3.63, 3.8) is 0 Å². The number of nitrogens with one attached hydrogen (secondary N) is 1. The topological polar surface area (TPSA) is 76.4 Å². The number of aromatic nitrogens is 3. The predicted octanol–water partition coefficient (Wildman–Crippen LogP) is 3.25. The summed E-state index contributed by atoms with van der Waals surface area (Å²) in [5.41, 5.74) is 3.04. The standard InChI is InChI=1S/C18H20N4O2S/c1-13-5-2-3-6-15(13)12-25(23,24)21-16-9-10-17-19-20-18(22(17)11-16)14-7-4-8-14/h2-3,5-6,9-11,14,21H,4,7-8,12H2,1H3. The van der Waals surface area contributed by atoms with Crippen molar-refractivity contribution in [1.82, 2.24) is 14.6 Å². The molecule has 25 heavy (non-hydrogen) atoms. The Morgan fingerprint density at radius 2 is 1.96 bits per heavy atom. The molecule has 2 aromatic heterocycles. The van der Waals surface area contributed by atoms with Crippen molar-refractivity contribution in [3.05, 3.63) is 59.5 Å². The van der Waals surface area contributed by atoms with Crippen LogP contribution in [0.2, 0.25) is 0 Å². The zero-order valence-electron chi connectivity index (χ0n) is 14.0. The minimum atomic E-state index is -3.49. The highest BCUT2D eigenvalue weighted by atomic mass is 32.2. The molecule has 2 heterocycles. The van der Waals surface area contributed by atoms with E-state index in [2.05, 4.69) is 14.9 Å². The molecule has 0 atom stereocenters. The maximum atomic E-state index is 12.5. The summed E-state index contributed by atoms with van der Waals surface area (Å²) in [6.45, 7) is 1.92. The first kappa shape index (κ1) is 16.1. The Labute approximate surface area is 147 Å². The molecule has 0 spiro atoms. The van der Waals surface area contributed by atoms with Crippen LogP contribution in [0.4, 0.5) is 5.69 Å². The molecular weight excluding hydrogens is 336 g/mol. The Morgan fingerprint density at radius 3 is 2.68 bits per heavy atom. The molecule has 130 valence electrons. The number of rotatable bonds is 5. The highest BCUT2D eigenvalue weighted by molar-refractivity contribution is 7.91. The number of fused-ring (bicyclic) bond motifs is 1. The fraction of sp³-hybridized carbons (Fsp3) is 0.333. The summed E-state index contributed by atoms with van der Waals surface area (Å²) in [5.74, 6) is 1.30. The van der Waals surface area contributed by atoms with Crippen molar-refractivity contribution < 1.29 is 8.42 Å². The lowest BCUT2D eigenvalue weighted by molar-refractivity contribution is 0.399. The van der Waals surface area contributed by atoms with E-state index in [1.165, 1.54) is 6.42 Å². The molecular formula is C18H20N4O2S. The molecule has 0 bridgehead atoms. The number of sulfonamides is 1. The number of pyridine rings is 1. The first-order valence-corrected chi connectivity index (χ1v) is 10.1. The number of benzene rings is 1. The van der Waals surface area contributed by atoms with Crippen LogP contribution in [-0.4, -0.2) is 23.0 Å². The van der Waals surface area contributed by atoms with E-state index in [9.17, 15) is 8.42 Å². The molecule has 1 N–H and O–H groups in total. The van der Waals surface area contributed by atoms with Crippen molar-refractivity contribution in [1.29, 1.82) is 0 Å². The van der Waals surface area contributed by atoms with E-state index in [-0.39, 0.29) is 5.75 Å². The summed E-state index contributed by atoms with van der Waals surface area (Å²) in [7, 11) is -3.49. The fourth-order valence-electron chi connectivity index (χ4n) is 3.11. The predicted molar refractivity (Wildman–Crippen MR) is 97.0 cm³/mol. The second-order valence-electron chi connectivity index (χ2n) is 6.62. The van der Waals surface area contributed by atoms with Gasteiger partial charge in [0.2, 0.25) is 10.0 Å². The van der Waals surface area contributed by atoms with Gasteiger partial charge in [0.05, 0.1) is 11.4 Å². The Morgan fingerprint density at radius 1 is 1.16 bits per heavy atom. The van der Waals surface area contributed by atoms with Gasteiger partial charge in [-0.05, 0) is 43.0 Å². The van der Waals surface area contributed by atoms with Gasteiger partial charge in [-0.1, -0.05) is 30.7 Å². The highest BCUT2D eigenvalue weighted by Gasteiger charge is 2.24. The van der Waals surface area contributed by atoms with E-state index >= 15 is 0 Å². The number of aryl methyl sites for hydroxylation is 1. The van der Waals surface area contributed by atoms with Crippen LogP contribution in [0.1, 0.15) is 42.1 Å². The average molecular weight is 356 g/mol. The lowest BCUT2D eigenvalue weighted by atomic mass is 9.85. The molecule has 7 heteroatoms. The third kappa shape index (κ3) is 3.24. The number of hydrogen-bond acceptors (Lipinski definition) is 4. The molecule has 1 saturated carbocycles. The molecule has 3 aromatic rings. The summed E-state index contributed by atoms with van der Waals surface area (Å²) >= 11 is 0. The molecule has 0 amide bonds. The van der Waals surface area contributed by atoms with Crippen LogP contribution in [0.25, 0.3) is 5.65 Å². The quantitative estimate of drug-likeness (QED) is 0.761. The van der Waals surface area contributed by atoms with Gasteiger partial charge in [0.25, 0.3) is 0 Å². The summed E-state index contributed by atoms with van der Waals surface area (Å²) in [6.07, 6.45) is 5.22. The van der Waals surface area contributed by atoms with Crippen LogP contribution in [0.5, 0.6) is 0 Å². The second kappa shape index (κ2) is 6.15. The zero-order chi connectivity index (χ0) is 17.4. The minimum Gasteiger partial charge on any atom is -0.284 e. The van der Waals surface area contributed by atoms with Gasteiger partial charge in [-0.15, -0.1) is 10.2 Å². The van der Waals surface area contributed by atoms with Crippen LogP contribution >= 0.6 is 0 Å². The number of nitrogens with zero attached hydrogens (tertiary/aromatic N) is 3. The zero-order valence-corrected chi connectivity index (χ0v) is 14.8. The fourth-order valence-corrected chi connectivity index (χ4v) is 4.39. The smallest absolute Gasteiger partial charge is 0.236 e. The Balaban J connectivity index is 1.60. The summed E-state index contributed by atoms with van der Waals surface area (Å²) < 4.78 is 29.6. The molecule has 1 fully saturated rings. The van der Waals surface area contributed by atoms with E-state index in [1.54, 1.807) is 18.3 Å². The van der Waals surface area contributed by atoms with Crippen molar-refractivity contribution >= 4 is 21.4 Å². The average Bonchev–Trinajstić information content (AvgIpc) is 2.91. The maximum Gasteiger partial charge on any atom is 0.236 e. The molecule has 0 radical (unpaired) electrons. The first-order chi connectivity index (χ1) is 12.0. The van der Waals surface area contributed by atoms with Crippen LogP contribution in [0, 0.1) is 6.92 Å². The van der Waals surface area contributed by atoms with E-state index < -0.39 is 10.0 Å². The van der Waals surface area contributed by atoms with Gasteiger partial charge >= 0.3 is 0 Å². The molecule has 0 saturated heterocycles. The normalized spacial score (nSPS) is 15.2. The first-order valence-electron chi connectivity index (χ1n) is 8.41. The van der Waals surface area contributed by atoms with E-state index in [1.807, 2.05) is 35.6 Å². The van der Waals surface area contributed by atoms with Gasteiger partial charge < -0.3 is 0 Å². The van der Waals surface area contributed by atoms with Crippen LogP contribution in [0.3, 0.4) is 0 Å². The lowest BCUT2D eigenvalue weighted by Gasteiger charge is -2.23. The monoisotopic (exact) mass is 356 g/mol. The Hall–Kier alpha value is -2.41. The molecule has 1 aromatic carbocycles. The number of hydrogen-bond donors (Lipinski definition) is 1. The van der Waals surface area contributed by atoms with Crippen molar-refractivity contribution in [2.24, 2.45) is 0 Å². The SMILES string of the molecule is Cc1ccccc1CS(=O)(=O)Nc1ccc2nnc(C3CCC3)n2c1. The van der Waals surface area contributed by atoms with Gasteiger partial charge in [-0.2, -0.15) is 0 Å². The molecule has 6 nitrogen and oxygen atoms in total. The highest BCUT2D eigenvalue weighted by Crippen LogP contribution is 2.35. The third-order valence-electron chi connectivity index (χ3n) is 4.78. The van der Waals surface area contributed by atoms with Crippen LogP contribution in [0.15, 0.2) is 42.6 Å². The molecule has 4 rings (SSSR count). The summed E-state index contributed by atoms with van der Waals surface area (Å²) in [4.78, 5) is 0. The second-order valence-corrected chi connectivity index (χ2v) is 8.34. The Kier molecular flexibility index (Phi) is 3.95. The van der Waals surface area contributed by atoms with Gasteiger partial charge in [0, 0.05) is 12.1 Å². The van der Waals surface area contributed by atoms with E-state index in [4.69, 9.17) is 0 Å². The number of anilines is 1. The molecule has 1 aliphatic carbocycles. The van der Waals surface area contributed by atoms with Crippen molar-refractivity contribution in [3.8, 4) is 0 Å². The van der Waals surface area contributed by atoms with Gasteiger partial charge in [0.15, 0.2) is 5.65 Å². The van der Waals surface area contributed by atoms with Gasteiger partial charge in [-0.3, -0.25) is 9.12 Å². The van der Waals surface area contributed by atoms with Gasteiger partial charge in [0.1, 0.15) is 5.82 Å². The Bertz CT molecular complexity index is 1020. The minimum absolute atomic E-state index is 0.0463. The summed E-state index contributed by atoms with van der Waals surface area (Å²) in [5, 5.41) is 8.44. The van der Waals surface area contributed by atoms with E-state index in [0.29, 0.717) is 11.6 Å². The van der Waals surface area contributed by atoms with Gasteiger partial charge in [-0.25, -0.2) is 8.42 Å². The van der Waals surface area contributed by atoms with E-state index in [0.717, 1.165) is 35.4 Å². The summed E-state index contributed by atoms with van der Waals surface area (Å²) in [6, 6.07) is 11.0. The molecule has 0 aliphatic heterocycles. The van der Waals surface area contributed by atoms with Crippen molar-refractivity contribution in [2.45, 2.75) is 37.9 Å². The molecule has 0 unspecified atom stereocenters. The van der Waals surface area contributed by atoms with Crippen molar-refractivity contribution in [2.75, 3.05) is 4.72 Å². The largest absolute Gasteiger partial charge is 0.284 e.